The first kappa shape index (κ1) is 24.3. The lowest BCUT2D eigenvalue weighted by Gasteiger charge is -2.30. The van der Waals surface area contributed by atoms with Gasteiger partial charge in [0.1, 0.15) is 16.8 Å². The fraction of sp³-hybridized carbons (Fsp3) is 0.286. The molecule has 0 spiro atoms. The standard InChI is InChI=1S/C28H28FNO5/c1-27(2,3)35-26(32)30-22-12-7-6-11-21(22)28(25(30)31,17-18-9-8-10-20(29)15-18)19-13-14-23(33-4)24(16-19)34-5/h6-16H,17H2,1-5H3. The molecule has 1 heterocycles. The summed E-state index contributed by atoms with van der Waals surface area (Å²) in [5.41, 5.74) is 0.103. The van der Waals surface area contributed by atoms with Crippen molar-refractivity contribution in [3.05, 3.63) is 89.2 Å². The van der Waals surface area contributed by atoms with Crippen molar-refractivity contribution >= 4 is 17.7 Å². The molecule has 3 aromatic carbocycles. The van der Waals surface area contributed by atoms with Crippen molar-refractivity contribution in [2.45, 2.75) is 38.2 Å². The van der Waals surface area contributed by atoms with Crippen LogP contribution in [-0.2, 0) is 21.4 Å². The molecule has 0 bridgehead atoms. The molecule has 0 saturated heterocycles. The van der Waals surface area contributed by atoms with Gasteiger partial charge >= 0.3 is 6.09 Å². The summed E-state index contributed by atoms with van der Waals surface area (Å²) < 4.78 is 30.7. The molecule has 0 fully saturated rings. The predicted molar refractivity (Wildman–Crippen MR) is 131 cm³/mol. The third kappa shape index (κ3) is 4.34. The Labute approximate surface area is 204 Å². The van der Waals surface area contributed by atoms with Crippen LogP contribution in [0.3, 0.4) is 0 Å². The van der Waals surface area contributed by atoms with Gasteiger partial charge in [0.05, 0.1) is 19.9 Å². The Kier molecular flexibility index (Phi) is 6.28. The molecular weight excluding hydrogens is 449 g/mol. The number of methoxy groups -OCH3 is 2. The highest BCUT2D eigenvalue weighted by atomic mass is 19.1. The van der Waals surface area contributed by atoms with E-state index >= 15 is 0 Å². The van der Waals surface area contributed by atoms with Crippen LogP contribution in [0.2, 0.25) is 0 Å². The van der Waals surface area contributed by atoms with Crippen molar-refractivity contribution in [3.63, 3.8) is 0 Å². The van der Waals surface area contributed by atoms with Gasteiger partial charge in [-0.25, -0.2) is 14.1 Å². The van der Waals surface area contributed by atoms with E-state index in [1.807, 2.05) is 12.1 Å². The topological polar surface area (TPSA) is 65.1 Å². The highest BCUT2D eigenvalue weighted by Crippen LogP contribution is 2.50. The predicted octanol–water partition coefficient (Wildman–Crippen LogP) is 5.65. The highest BCUT2D eigenvalue weighted by Gasteiger charge is 2.55. The molecule has 3 aromatic rings. The van der Waals surface area contributed by atoms with Crippen LogP contribution >= 0.6 is 0 Å². The number of nitrogens with zero attached hydrogens (tertiary/aromatic N) is 1. The molecule has 1 atom stereocenters. The van der Waals surface area contributed by atoms with E-state index in [0.29, 0.717) is 33.9 Å². The molecule has 7 heteroatoms. The molecule has 6 nitrogen and oxygen atoms in total. The van der Waals surface area contributed by atoms with E-state index in [9.17, 15) is 14.0 Å². The summed E-state index contributed by atoms with van der Waals surface area (Å²) in [6, 6.07) is 18.4. The number of benzene rings is 3. The van der Waals surface area contributed by atoms with Gasteiger partial charge in [-0.3, -0.25) is 4.79 Å². The molecule has 1 unspecified atom stereocenters. The van der Waals surface area contributed by atoms with Crippen LogP contribution in [0.4, 0.5) is 14.9 Å². The van der Waals surface area contributed by atoms with Crippen LogP contribution in [0.1, 0.15) is 37.5 Å². The van der Waals surface area contributed by atoms with Crippen molar-refractivity contribution in [1.82, 2.24) is 0 Å². The lowest BCUT2D eigenvalue weighted by Crippen LogP contribution is -2.47. The molecule has 0 N–H and O–H groups in total. The Morgan fingerprint density at radius 3 is 2.31 bits per heavy atom. The van der Waals surface area contributed by atoms with Gasteiger partial charge in [0.2, 0.25) is 0 Å². The molecule has 35 heavy (non-hydrogen) atoms. The van der Waals surface area contributed by atoms with E-state index in [1.165, 1.54) is 26.4 Å². The number of para-hydroxylation sites is 1. The third-order valence-corrected chi connectivity index (χ3v) is 5.98. The fourth-order valence-corrected chi connectivity index (χ4v) is 4.54. The number of amides is 2. The zero-order valence-electron chi connectivity index (χ0n) is 20.4. The smallest absolute Gasteiger partial charge is 0.421 e. The number of hydrogen-bond donors (Lipinski definition) is 0. The Morgan fingerprint density at radius 2 is 1.66 bits per heavy atom. The number of anilines is 1. The average Bonchev–Trinajstić information content (AvgIpc) is 3.06. The third-order valence-electron chi connectivity index (χ3n) is 5.98. The summed E-state index contributed by atoms with van der Waals surface area (Å²) in [4.78, 5) is 28.7. The molecular formula is C28H28FNO5. The summed E-state index contributed by atoms with van der Waals surface area (Å²) in [6.07, 6.45) is -0.647. The number of imide groups is 1. The second-order valence-electron chi connectivity index (χ2n) is 9.42. The lowest BCUT2D eigenvalue weighted by molar-refractivity contribution is -0.121. The van der Waals surface area contributed by atoms with Crippen LogP contribution in [0.5, 0.6) is 11.5 Å². The largest absolute Gasteiger partial charge is 0.493 e. The highest BCUT2D eigenvalue weighted by molar-refractivity contribution is 6.22. The van der Waals surface area contributed by atoms with Gasteiger partial charge in [0, 0.05) is 0 Å². The summed E-state index contributed by atoms with van der Waals surface area (Å²) >= 11 is 0. The molecule has 1 aliphatic rings. The SMILES string of the molecule is COc1ccc(C2(Cc3cccc(F)c3)C(=O)N(C(=O)OC(C)(C)C)c3ccccc32)cc1OC. The minimum Gasteiger partial charge on any atom is -0.493 e. The van der Waals surface area contributed by atoms with Crippen molar-refractivity contribution in [3.8, 4) is 11.5 Å². The first-order valence-electron chi connectivity index (χ1n) is 11.2. The molecule has 2 amide bonds. The van der Waals surface area contributed by atoms with Gasteiger partial charge < -0.3 is 14.2 Å². The number of rotatable bonds is 5. The van der Waals surface area contributed by atoms with Crippen molar-refractivity contribution in [1.29, 1.82) is 0 Å². The summed E-state index contributed by atoms with van der Waals surface area (Å²) in [7, 11) is 3.04. The minimum absolute atomic E-state index is 0.120. The van der Waals surface area contributed by atoms with Crippen molar-refractivity contribution in [2.75, 3.05) is 19.1 Å². The first-order chi connectivity index (χ1) is 16.6. The molecule has 0 aliphatic carbocycles. The van der Waals surface area contributed by atoms with E-state index < -0.39 is 28.8 Å². The van der Waals surface area contributed by atoms with Crippen molar-refractivity contribution in [2.24, 2.45) is 0 Å². The maximum absolute atomic E-state index is 14.3. The zero-order chi connectivity index (χ0) is 25.4. The Bertz CT molecular complexity index is 1280. The number of hydrogen-bond acceptors (Lipinski definition) is 5. The maximum Gasteiger partial charge on any atom is 0.421 e. The molecule has 0 saturated carbocycles. The second kappa shape index (κ2) is 9.06. The van der Waals surface area contributed by atoms with Gasteiger partial charge in [-0.15, -0.1) is 0 Å². The number of carbonyl (C=O) groups is 2. The Balaban J connectivity index is 1.97. The van der Waals surface area contributed by atoms with Gasteiger partial charge in [0.25, 0.3) is 5.91 Å². The minimum atomic E-state index is -1.33. The van der Waals surface area contributed by atoms with Crippen LogP contribution in [0.15, 0.2) is 66.7 Å². The molecule has 182 valence electrons. The maximum atomic E-state index is 14.3. The summed E-state index contributed by atoms with van der Waals surface area (Å²) in [6.45, 7) is 5.23. The first-order valence-corrected chi connectivity index (χ1v) is 11.2. The number of carbonyl (C=O) groups excluding carboxylic acids is 2. The van der Waals surface area contributed by atoms with Crippen LogP contribution < -0.4 is 14.4 Å². The summed E-state index contributed by atoms with van der Waals surface area (Å²) in [5, 5.41) is 0. The lowest BCUT2D eigenvalue weighted by atomic mass is 9.71. The Hall–Kier alpha value is -3.87. The van der Waals surface area contributed by atoms with E-state index in [0.717, 1.165) is 4.90 Å². The number of halogens is 1. The van der Waals surface area contributed by atoms with Crippen LogP contribution in [0, 0.1) is 5.82 Å². The molecule has 0 radical (unpaired) electrons. The number of fused-ring (bicyclic) bond motifs is 1. The second-order valence-corrected chi connectivity index (χ2v) is 9.42. The average molecular weight is 478 g/mol. The molecule has 0 aromatic heterocycles. The van der Waals surface area contributed by atoms with Gasteiger partial charge in [-0.05, 0) is 74.2 Å². The van der Waals surface area contributed by atoms with E-state index in [-0.39, 0.29) is 6.42 Å². The van der Waals surface area contributed by atoms with Crippen LogP contribution in [-0.4, -0.2) is 31.8 Å². The Morgan fingerprint density at radius 1 is 0.943 bits per heavy atom. The van der Waals surface area contributed by atoms with Gasteiger partial charge in [0.15, 0.2) is 11.5 Å². The normalized spacial score (nSPS) is 17.2. The van der Waals surface area contributed by atoms with Gasteiger partial charge in [-0.2, -0.15) is 0 Å². The quantitative estimate of drug-likeness (QED) is 0.475. The van der Waals surface area contributed by atoms with E-state index in [4.69, 9.17) is 14.2 Å². The molecule has 4 rings (SSSR count). The number of ether oxygens (including phenoxy) is 3. The van der Waals surface area contributed by atoms with Crippen LogP contribution in [0.25, 0.3) is 0 Å². The van der Waals surface area contributed by atoms with Gasteiger partial charge in [-0.1, -0.05) is 36.4 Å². The monoisotopic (exact) mass is 477 g/mol. The van der Waals surface area contributed by atoms with E-state index in [2.05, 4.69) is 0 Å². The summed E-state index contributed by atoms with van der Waals surface area (Å²) in [5.74, 6) is 0.0432. The fourth-order valence-electron chi connectivity index (χ4n) is 4.54. The zero-order valence-corrected chi connectivity index (χ0v) is 20.4. The molecule has 1 aliphatic heterocycles. The van der Waals surface area contributed by atoms with Crippen molar-refractivity contribution < 1.29 is 28.2 Å². The van der Waals surface area contributed by atoms with E-state index in [1.54, 1.807) is 63.2 Å².